The minimum atomic E-state index is -2.42. The monoisotopic (exact) mass is 247 g/mol. The van der Waals surface area contributed by atoms with Crippen LogP contribution in [0.4, 0.5) is 8.78 Å². The second-order valence-electron chi connectivity index (χ2n) is 3.90. The molecule has 0 saturated heterocycles. The van der Waals surface area contributed by atoms with E-state index in [1.54, 1.807) is 6.20 Å². The molecule has 0 amide bonds. The van der Waals surface area contributed by atoms with Gasteiger partial charge in [0.2, 0.25) is 0 Å². The number of aryl methyl sites for hydroxylation is 1. The van der Waals surface area contributed by atoms with Crippen molar-refractivity contribution in [1.29, 1.82) is 0 Å². The van der Waals surface area contributed by atoms with Crippen molar-refractivity contribution in [3.63, 3.8) is 0 Å². The van der Waals surface area contributed by atoms with Crippen LogP contribution in [-0.2, 0) is 11.3 Å². The minimum absolute atomic E-state index is 0.210. The van der Waals surface area contributed by atoms with Gasteiger partial charge in [0.25, 0.3) is 6.43 Å². The van der Waals surface area contributed by atoms with E-state index in [4.69, 9.17) is 10.5 Å². The first-order chi connectivity index (χ1) is 8.13. The fraction of sp³-hybridized carbons (Fsp3) is 0.727. The summed E-state index contributed by atoms with van der Waals surface area (Å²) in [6.07, 6.45) is 2.71. The third kappa shape index (κ3) is 5.23. The van der Waals surface area contributed by atoms with Gasteiger partial charge in [-0.05, 0) is 12.8 Å². The maximum Gasteiger partial charge on any atom is 0.261 e. The Balaban J connectivity index is 2.28. The smallest absolute Gasteiger partial charge is 0.261 e. The van der Waals surface area contributed by atoms with Gasteiger partial charge in [0.15, 0.2) is 0 Å². The van der Waals surface area contributed by atoms with Crippen LogP contribution < -0.4 is 5.73 Å². The van der Waals surface area contributed by atoms with Gasteiger partial charge in [-0.3, -0.25) is 4.68 Å². The van der Waals surface area contributed by atoms with E-state index >= 15 is 0 Å². The second-order valence-corrected chi connectivity index (χ2v) is 3.90. The molecule has 6 heteroatoms. The van der Waals surface area contributed by atoms with E-state index in [-0.39, 0.29) is 12.6 Å². The molecule has 0 spiro atoms. The van der Waals surface area contributed by atoms with Gasteiger partial charge in [-0.2, -0.15) is 5.10 Å². The normalized spacial score (nSPS) is 13.2. The summed E-state index contributed by atoms with van der Waals surface area (Å²) >= 11 is 0. The van der Waals surface area contributed by atoms with E-state index in [1.165, 1.54) is 0 Å². The summed E-state index contributed by atoms with van der Waals surface area (Å²) < 4.78 is 30.2. The van der Waals surface area contributed by atoms with Crippen LogP contribution in [0, 0.1) is 0 Å². The molecular weight excluding hydrogens is 228 g/mol. The highest BCUT2D eigenvalue weighted by atomic mass is 19.3. The predicted molar refractivity (Wildman–Crippen MR) is 60.9 cm³/mol. The summed E-state index contributed by atoms with van der Waals surface area (Å²) in [5.74, 6) is 0. The van der Waals surface area contributed by atoms with Gasteiger partial charge in [0, 0.05) is 31.0 Å². The van der Waals surface area contributed by atoms with Gasteiger partial charge in [0.1, 0.15) is 6.61 Å². The Kier molecular flexibility index (Phi) is 6.07. The Morgan fingerprint density at radius 1 is 1.53 bits per heavy atom. The number of nitrogens with zero attached hydrogens (tertiary/aromatic N) is 2. The molecule has 1 rings (SSSR count). The van der Waals surface area contributed by atoms with Gasteiger partial charge < -0.3 is 10.5 Å². The van der Waals surface area contributed by atoms with Crippen LogP contribution in [-0.4, -0.2) is 29.4 Å². The van der Waals surface area contributed by atoms with Crippen molar-refractivity contribution in [2.24, 2.45) is 5.73 Å². The van der Waals surface area contributed by atoms with E-state index in [0.29, 0.717) is 6.42 Å². The Hall–Kier alpha value is -1.01. The fourth-order valence-electron chi connectivity index (χ4n) is 1.47. The number of rotatable bonds is 8. The Labute approximate surface area is 99.7 Å². The lowest BCUT2D eigenvalue weighted by Gasteiger charge is -2.09. The number of hydrogen-bond donors (Lipinski definition) is 1. The van der Waals surface area contributed by atoms with Crippen molar-refractivity contribution in [2.45, 2.75) is 38.8 Å². The van der Waals surface area contributed by atoms with Gasteiger partial charge in [-0.15, -0.1) is 0 Å². The van der Waals surface area contributed by atoms with E-state index in [2.05, 4.69) is 12.0 Å². The van der Waals surface area contributed by atoms with Crippen molar-refractivity contribution in [3.8, 4) is 0 Å². The van der Waals surface area contributed by atoms with Gasteiger partial charge in [0.05, 0.1) is 6.20 Å². The molecular formula is C11H19F2N3O. The summed E-state index contributed by atoms with van der Waals surface area (Å²) in [5.41, 5.74) is 6.82. The molecule has 2 N–H and O–H groups in total. The predicted octanol–water partition coefficient (Wildman–Crippen LogP) is 1.96. The Morgan fingerprint density at radius 2 is 2.29 bits per heavy atom. The molecule has 98 valence electrons. The number of nitrogens with two attached hydrogens (primary N) is 1. The zero-order valence-electron chi connectivity index (χ0n) is 9.98. The number of hydrogen-bond acceptors (Lipinski definition) is 3. The van der Waals surface area contributed by atoms with E-state index in [0.717, 1.165) is 18.5 Å². The van der Waals surface area contributed by atoms with Crippen LogP contribution in [0.5, 0.6) is 0 Å². The highest BCUT2D eigenvalue weighted by Gasteiger charge is 2.09. The molecule has 1 atom stereocenters. The summed E-state index contributed by atoms with van der Waals surface area (Å²) in [5, 5.41) is 4.16. The van der Waals surface area contributed by atoms with Crippen molar-refractivity contribution in [3.05, 3.63) is 18.0 Å². The standard InChI is InChI=1S/C11H19F2N3O/c1-2-4-16-7-9(6-15-16)10(14)3-5-17-8-11(12)13/h6-7,10-11H,2-5,8,14H2,1H3. The lowest BCUT2D eigenvalue weighted by Crippen LogP contribution is -2.14. The molecule has 0 aliphatic heterocycles. The molecule has 0 bridgehead atoms. The number of ether oxygens (including phenoxy) is 1. The molecule has 17 heavy (non-hydrogen) atoms. The molecule has 0 saturated carbocycles. The summed E-state index contributed by atoms with van der Waals surface area (Å²) in [7, 11) is 0. The van der Waals surface area contributed by atoms with Crippen LogP contribution in [0.2, 0.25) is 0 Å². The van der Waals surface area contributed by atoms with E-state index < -0.39 is 13.0 Å². The minimum Gasteiger partial charge on any atom is -0.375 e. The van der Waals surface area contributed by atoms with Crippen molar-refractivity contribution in [2.75, 3.05) is 13.2 Å². The molecule has 1 unspecified atom stereocenters. The summed E-state index contributed by atoms with van der Waals surface area (Å²) in [6, 6.07) is -0.210. The fourth-order valence-corrected chi connectivity index (χ4v) is 1.47. The van der Waals surface area contributed by atoms with Gasteiger partial charge >= 0.3 is 0 Å². The van der Waals surface area contributed by atoms with Crippen molar-refractivity contribution >= 4 is 0 Å². The highest BCUT2D eigenvalue weighted by molar-refractivity contribution is 5.09. The number of aromatic nitrogens is 2. The lowest BCUT2D eigenvalue weighted by atomic mass is 10.1. The molecule has 0 aromatic carbocycles. The van der Waals surface area contributed by atoms with Crippen LogP contribution in [0.25, 0.3) is 0 Å². The van der Waals surface area contributed by atoms with E-state index in [1.807, 2.05) is 10.9 Å². The van der Waals surface area contributed by atoms with Crippen molar-refractivity contribution in [1.82, 2.24) is 9.78 Å². The Morgan fingerprint density at radius 3 is 2.94 bits per heavy atom. The topological polar surface area (TPSA) is 53.1 Å². The first kappa shape index (κ1) is 14.1. The zero-order chi connectivity index (χ0) is 12.7. The van der Waals surface area contributed by atoms with Crippen LogP contribution in [0.15, 0.2) is 12.4 Å². The average molecular weight is 247 g/mol. The zero-order valence-corrected chi connectivity index (χ0v) is 9.98. The number of alkyl halides is 2. The SMILES string of the molecule is CCCn1cc(C(N)CCOCC(F)F)cn1. The highest BCUT2D eigenvalue weighted by Crippen LogP contribution is 2.13. The molecule has 1 aromatic heterocycles. The van der Waals surface area contributed by atoms with Crippen LogP contribution in [0.3, 0.4) is 0 Å². The number of halogens is 2. The first-order valence-corrected chi connectivity index (χ1v) is 5.77. The maximum atomic E-state index is 11.8. The van der Waals surface area contributed by atoms with Crippen LogP contribution >= 0.6 is 0 Å². The van der Waals surface area contributed by atoms with Gasteiger partial charge in [-0.1, -0.05) is 6.92 Å². The second kappa shape index (κ2) is 7.34. The lowest BCUT2D eigenvalue weighted by molar-refractivity contribution is 0.0152. The quantitative estimate of drug-likeness (QED) is 0.714. The molecule has 0 aliphatic rings. The average Bonchev–Trinajstić information content (AvgIpc) is 2.73. The molecule has 0 radical (unpaired) electrons. The molecule has 1 heterocycles. The summed E-state index contributed by atoms with van der Waals surface area (Å²) in [6.45, 7) is 2.64. The largest absolute Gasteiger partial charge is 0.375 e. The summed E-state index contributed by atoms with van der Waals surface area (Å²) in [4.78, 5) is 0. The molecule has 0 aliphatic carbocycles. The van der Waals surface area contributed by atoms with E-state index in [9.17, 15) is 8.78 Å². The molecule has 0 fully saturated rings. The third-order valence-electron chi connectivity index (χ3n) is 2.35. The van der Waals surface area contributed by atoms with Crippen LogP contribution in [0.1, 0.15) is 31.4 Å². The van der Waals surface area contributed by atoms with Crippen molar-refractivity contribution < 1.29 is 13.5 Å². The van der Waals surface area contributed by atoms with Gasteiger partial charge in [-0.25, -0.2) is 8.78 Å². The maximum absolute atomic E-state index is 11.8. The third-order valence-corrected chi connectivity index (χ3v) is 2.35. The molecule has 4 nitrogen and oxygen atoms in total. The molecule has 1 aromatic rings. The Bertz CT molecular complexity index is 317. The first-order valence-electron chi connectivity index (χ1n) is 5.77.